The molecular formula is C65H102O29. The lowest BCUT2D eigenvalue weighted by Gasteiger charge is -2.75. The van der Waals surface area contributed by atoms with Gasteiger partial charge in [-0.3, -0.25) is 9.59 Å². The van der Waals surface area contributed by atoms with Crippen LogP contribution in [-0.4, -0.2) is 263 Å². The Morgan fingerprint density at radius 1 is 0.564 bits per heavy atom. The van der Waals surface area contributed by atoms with Gasteiger partial charge in [-0.1, -0.05) is 61.5 Å². The summed E-state index contributed by atoms with van der Waals surface area (Å²) >= 11 is 0. The minimum Gasteiger partial charge on any atom is -0.479 e. The first-order valence-corrected chi connectivity index (χ1v) is 33.3. The van der Waals surface area contributed by atoms with Crippen LogP contribution in [0.4, 0.5) is 0 Å². The number of esters is 3. The zero-order chi connectivity index (χ0) is 69.2. The molecular weight excluding hydrogens is 1240 g/mol. The number of fused-ring (bicyclic) bond motifs is 4. The van der Waals surface area contributed by atoms with Crippen molar-refractivity contribution in [3.8, 4) is 0 Å². The maximum atomic E-state index is 14.1. The average molecular weight is 1350 g/mol. The van der Waals surface area contributed by atoms with Crippen LogP contribution in [0.15, 0.2) is 11.6 Å². The molecule has 29 heteroatoms. The van der Waals surface area contributed by atoms with Crippen molar-refractivity contribution in [1.82, 2.24) is 0 Å². The summed E-state index contributed by atoms with van der Waals surface area (Å²) in [5.41, 5.74) is -6.21. The van der Waals surface area contributed by atoms with E-state index >= 15 is 0 Å². The monoisotopic (exact) mass is 1350 g/mol. The molecule has 10 fully saturated rings. The quantitative estimate of drug-likeness (QED) is 0.0377. The molecule has 33 atom stereocenters. The molecule has 5 saturated heterocycles. The smallest absolute Gasteiger partial charge is 0.335 e. The number of carbonyl (C=O) groups excluding carboxylic acids is 3. The Bertz CT molecular complexity index is 2780. The van der Waals surface area contributed by atoms with Crippen LogP contribution < -0.4 is 0 Å². The van der Waals surface area contributed by atoms with E-state index in [2.05, 4.69) is 20.8 Å². The SMILES string of the molecule is C/C=C(/C)C(=O)O[C@H]1[C@H](OC(C)=O)C(C)(C)C[C@@H]2[C@]13[C@@H](O)O[C@@]21CC[C@@H]2[C@@]4(C)CC[C@H](O[C@@H]5O[C@H](C(=O)O)[C@@H](O)[C@H](O[C@@H]6O[C@H](CO)[C@H](O)[C@H](O)[C@H]6OC6OC(C)C(O)C(O)C6O)[C@H]5O[C@@H]5O[C@H](CO)[C@H](O)[C@H](O)[C@H]5O)C(C)(C)[C@@H]4CC[C@@]2(C)[C@]1(C)C[C@H]3OC(=O)CCC. The van der Waals surface area contributed by atoms with Crippen LogP contribution in [0.25, 0.3) is 0 Å². The molecule has 5 heterocycles. The van der Waals surface area contributed by atoms with E-state index in [9.17, 15) is 85.6 Å². The lowest BCUT2D eigenvalue weighted by molar-refractivity contribution is -0.406. The number of hydrogen-bond acceptors (Lipinski definition) is 28. The van der Waals surface area contributed by atoms with Crippen molar-refractivity contribution in [3.63, 3.8) is 0 Å². The van der Waals surface area contributed by atoms with Crippen molar-refractivity contribution >= 4 is 23.9 Å². The Hall–Kier alpha value is -3.22. The maximum absolute atomic E-state index is 14.1. The van der Waals surface area contributed by atoms with Gasteiger partial charge in [0.15, 0.2) is 43.7 Å². The van der Waals surface area contributed by atoms with Crippen LogP contribution in [0.5, 0.6) is 0 Å². The summed E-state index contributed by atoms with van der Waals surface area (Å²) in [5, 5.41) is 145. The number of carboxylic acid groups (broad SMARTS) is 1. The molecule has 0 amide bonds. The molecule has 10 aliphatic rings. The van der Waals surface area contributed by atoms with Crippen molar-refractivity contribution in [2.45, 2.75) is 306 Å². The Kier molecular flexibility index (Phi) is 20.9. The first-order chi connectivity index (χ1) is 43.9. The van der Waals surface area contributed by atoms with E-state index in [-0.39, 0.29) is 36.7 Å². The van der Waals surface area contributed by atoms with Gasteiger partial charge >= 0.3 is 23.9 Å². The van der Waals surface area contributed by atoms with Gasteiger partial charge < -0.3 is 123 Å². The van der Waals surface area contributed by atoms with E-state index in [1.165, 1.54) is 13.8 Å². The number of aliphatic hydroxyl groups excluding tert-OH is 12. The largest absolute Gasteiger partial charge is 0.479 e. The number of carboxylic acids is 1. The van der Waals surface area contributed by atoms with Crippen LogP contribution in [0, 0.1) is 50.2 Å². The number of allylic oxidation sites excluding steroid dienone is 1. The fraction of sp³-hybridized carbons (Fsp3) is 0.908. The molecule has 0 aromatic heterocycles. The molecule has 94 heavy (non-hydrogen) atoms. The molecule has 5 saturated carbocycles. The molecule has 29 nitrogen and oxygen atoms in total. The number of hydrogen-bond donors (Lipinski definition) is 13. The molecule has 536 valence electrons. The van der Waals surface area contributed by atoms with E-state index in [4.69, 9.17) is 56.8 Å². The Morgan fingerprint density at radius 2 is 1.14 bits per heavy atom. The number of ether oxygens (including phenoxy) is 12. The van der Waals surface area contributed by atoms with E-state index in [0.29, 0.717) is 44.9 Å². The van der Waals surface area contributed by atoms with Crippen LogP contribution in [0.3, 0.4) is 0 Å². The minimum absolute atomic E-state index is 0.0538. The van der Waals surface area contributed by atoms with Crippen molar-refractivity contribution in [2.75, 3.05) is 13.2 Å². The minimum atomic E-state index is -2.31. The first-order valence-electron chi connectivity index (χ1n) is 33.3. The Morgan fingerprint density at radius 3 is 1.74 bits per heavy atom. The van der Waals surface area contributed by atoms with Gasteiger partial charge in [0.2, 0.25) is 0 Å². The summed E-state index contributed by atoms with van der Waals surface area (Å²) in [6.45, 7) is 20.5. The van der Waals surface area contributed by atoms with E-state index in [1.807, 2.05) is 34.6 Å². The summed E-state index contributed by atoms with van der Waals surface area (Å²) in [5.74, 6) is -4.48. The third kappa shape index (κ3) is 11.6. The zero-order valence-electron chi connectivity index (χ0n) is 55.6. The first kappa shape index (κ1) is 73.5. The van der Waals surface area contributed by atoms with Gasteiger partial charge in [-0.15, -0.1) is 0 Å². The molecule has 10 rings (SSSR count). The molecule has 1 spiro atoms. The van der Waals surface area contributed by atoms with Gasteiger partial charge in [-0.25, -0.2) is 9.59 Å². The maximum Gasteiger partial charge on any atom is 0.335 e. The van der Waals surface area contributed by atoms with Crippen molar-refractivity contribution < 1.29 is 142 Å². The van der Waals surface area contributed by atoms with E-state index in [0.717, 1.165) is 0 Å². The summed E-state index contributed by atoms with van der Waals surface area (Å²) in [6.07, 6.45) is -39.0. The topological polar surface area (TPSA) is 442 Å². The fourth-order valence-corrected chi connectivity index (χ4v) is 19.6. The van der Waals surface area contributed by atoms with Gasteiger partial charge in [-0.05, 0) is 107 Å². The number of aliphatic carboxylic acids is 1. The van der Waals surface area contributed by atoms with Crippen LogP contribution in [0.2, 0.25) is 0 Å². The fourth-order valence-electron chi connectivity index (χ4n) is 19.6. The van der Waals surface area contributed by atoms with Crippen LogP contribution in [-0.2, 0) is 76.0 Å². The van der Waals surface area contributed by atoms with Gasteiger partial charge in [0.1, 0.15) is 103 Å². The predicted molar refractivity (Wildman–Crippen MR) is 317 cm³/mol. The Balaban J connectivity index is 1.00. The highest BCUT2D eigenvalue weighted by Crippen LogP contribution is 2.82. The second-order valence-electron chi connectivity index (χ2n) is 30.4. The van der Waals surface area contributed by atoms with E-state index in [1.54, 1.807) is 19.9 Å². The van der Waals surface area contributed by atoms with E-state index < -0.39 is 235 Å². The third-order valence-electron chi connectivity index (χ3n) is 24.7. The number of carbonyl (C=O) groups is 4. The van der Waals surface area contributed by atoms with Gasteiger partial charge in [-0.2, -0.15) is 0 Å². The third-order valence-corrected chi connectivity index (χ3v) is 24.7. The molecule has 0 aromatic carbocycles. The second kappa shape index (κ2) is 26.7. The van der Waals surface area contributed by atoms with Crippen molar-refractivity contribution in [3.05, 3.63) is 11.6 Å². The van der Waals surface area contributed by atoms with Crippen LogP contribution >= 0.6 is 0 Å². The Labute approximate surface area is 546 Å². The normalized spacial score (nSPS) is 51.2. The average Bonchev–Trinajstić information content (AvgIpc) is 1.37. The van der Waals surface area contributed by atoms with Crippen molar-refractivity contribution in [1.29, 1.82) is 0 Å². The molecule has 13 N–H and O–H groups in total. The summed E-state index contributed by atoms with van der Waals surface area (Å²) in [4.78, 5) is 54.7. The summed E-state index contributed by atoms with van der Waals surface area (Å²) < 4.78 is 76.0. The number of aliphatic hydroxyl groups is 12. The standard InChI is InChI=1S/C65H102O29/c1-13-15-36(69)87-35-23-63(12)62(11)20-16-31-60(8,9)34(18-19-61(31,10)32(62)17-21-64(63)33-22-59(6,7)50(84-28(5)68)51(65(33,35)58(82)94-64)93-53(81)26(3)14-2)88-57-49(92-55-44(77)41(74)38(71)29(24-66)85-55)46(45(78)47(90-57)52(79)80)89-56-48(42(75)39(72)30(25-67)86-56)91-54-43(76)40(73)37(70)27(4)83-54/h14,27,29-35,37-51,54-58,66-67,70-78,82H,13,15-25H2,1-12H3,(H,79,80)/b26-14-/t27?,29-,30-,31+,32-,33+,34+,35-,37?,38+,39+,40?,41+,42+,43?,44-,45+,46+,47+,48-,49-,50+,51+,54?,55+,56+,57-,58+,61+,62-,63+,64+,65-/m1/s1. The van der Waals surface area contributed by atoms with Gasteiger partial charge in [0.25, 0.3) is 0 Å². The second-order valence-corrected chi connectivity index (χ2v) is 30.4. The van der Waals surface area contributed by atoms with Crippen LogP contribution in [0.1, 0.15) is 147 Å². The molecule has 2 bridgehead atoms. The highest BCUT2D eigenvalue weighted by atomic mass is 16.8. The molecule has 0 radical (unpaired) electrons. The molecule has 5 aliphatic heterocycles. The zero-order valence-corrected chi connectivity index (χ0v) is 55.6. The molecule has 5 unspecified atom stereocenters. The highest BCUT2D eigenvalue weighted by molar-refractivity contribution is 5.88. The summed E-state index contributed by atoms with van der Waals surface area (Å²) in [7, 11) is 0. The van der Waals surface area contributed by atoms with Gasteiger partial charge in [0, 0.05) is 35.7 Å². The molecule has 5 aliphatic carbocycles. The number of rotatable bonds is 17. The highest BCUT2D eigenvalue weighted by Gasteiger charge is 2.86. The lowest BCUT2D eigenvalue weighted by Crippen LogP contribution is -2.77. The summed E-state index contributed by atoms with van der Waals surface area (Å²) in [6, 6.07) is 0. The predicted octanol–water partition coefficient (Wildman–Crippen LogP) is -0.532. The van der Waals surface area contributed by atoms with Gasteiger partial charge in [0.05, 0.1) is 31.0 Å². The lowest BCUT2D eigenvalue weighted by atomic mass is 9.30. The van der Waals surface area contributed by atoms with Crippen molar-refractivity contribution in [2.24, 2.45) is 50.2 Å². The molecule has 0 aromatic rings.